The Balaban J connectivity index is 2.85. The van der Waals surface area contributed by atoms with Crippen LogP contribution < -0.4 is 0 Å². The molecule has 0 amide bonds. The van der Waals surface area contributed by atoms with Crippen molar-refractivity contribution in [2.75, 3.05) is 0 Å². The van der Waals surface area contributed by atoms with Crippen LogP contribution in [-0.2, 0) is 0 Å². The summed E-state index contributed by atoms with van der Waals surface area (Å²) in [4.78, 5) is 0. The molecule has 1 aliphatic carbocycles. The van der Waals surface area contributed by atoms with E-state index in [0.29, 0.717) is 12.8 Å². The second-order valence-electron chi connectivity index (χ2n) is 4.55. The summed E-state index contributed by atoms with van der Waals surface area (Å²) in [5, 5.41) is 28.9. The van der Waals surface area contributed by atoms with Crippen LogP contribution >= 0.6 is 0 Å². The number of aliphatic hydroxyl groups is 3. The quantitative estimate of drug-likeness (QED) is 0.525. The van der Waals surface area contributed by atoms with Crippen LogP contribution in [0.3, 0.4) is 0 Å². The molecule has 0 unspecified atom stereocenters. The van der Waals surface area contributed by atoms with Gasteiger partial charge in [-0.3, -0.25) is 0 Å². The zero-order valence-corrected chi connectivity index (χ0v) is 8.41. The Labute approximate surface area is 78.7 Å². The van der Waals surface area contributed by atoms with Crippen LogP contribution in [0, 0.1) is 0 Å². The lowest BCUT2D eigenvalue weighted by molar-refractivity contribution is -0.0528. The van der Waals surface area contributed by atoms with E-state index >= 15 is 0 Å². The van der Waals surface area contributed by atoms with Gasteiger partial charge in [-0.1, -0.05) is 6.08 Å². The summed E-state index contributed by atoms with van der Waals surface area (Å²) in [5.41, 5.74) is -1.14. The van der Waals surface area contributed by atoms with E-state index in [1.54, 1.807) is 26.8 Å². The van der Waals surface area contributed by atoms with Gasteiger partial charge in [0, 0.05) is 0 Å². The molecule has 0 radical (unpaired) electrons. The standard InChI is InChI=1S/C10H18O3/c1-9(2,12)7-4-5-10(3,13)8(11)6-7/h6,8,11-13H,4-5H2,1-3H3/t8-,10+/m1/s1. The smallest absolute Gasteiger partial charge is 0.101 e. The Bertz CT molecular complexity index is 223. The van der Waals surface area contributed by atoms with Gasteiger partial charge in [-0.05, 0) is 39.2 Å². The normalized spacial score (nSPS) is 35.8. The third kappa shape index (κ3) is 2.30. The first kappa shape index (κ1) is 10.7. The van der Waals surface area contributed by atoms with Crippen molar-refractivity contribution < 1.29 is 15.3 Å². The van der Waals surface area contributed by atoms with Crippen LogP contribution in [0.15, 0.2) is 11.6 Å². The van der Waals surface area contributed by atoms with Crippen LogP contribution in [-0.4, -0.2) is 32.6 Å². The van der Waals surface area contributed by atoms with E-state index in [2.05, 4.69) is 0 Å². The molecule has 0 saturated carbocycles. The molecule has 0 aromatic heterocycles. The molecule has 0 aliphatic heterocycles. The minimum atomic E-state index is -1.05. The fourth-order valence-electron chi connectivity index (χ4n) is 1.50. The van der Waals surface area contributed by atoms with Gasteiger partial charge in [0.2, 0.25) is 0 Å². The lowest BCUT2D eigenvalue weighted by Gasteiger charge is -2.35. The number of hydrogen-bond donors (Lipinski definition) is 3. The lowest BCUT2D eigenvalue weighted by Crippen LogP contribution is -2.42. The Hall–Kier alpha value is -0.380. The molecular formula is C10H18O3. The first-order valence-electron chi connectivity index (χ1n) is 4.57. The zero-order chi connectivity index (χ0) is 10.3. The summed E-state index contributed by atoms with van der Waals surface area (Å²) in [7, 11) is 0. The molecule has 0 aromatic carbocycles. The highest BCUT2D eigenvalue weighted by molar-refractivity contribution is 5.21. The van der Waals surface area contributed by atoms with Gasteiger partial charge in [0.25, 0.3) is 0 Å². The molecule has 3 heteroatoms. The van der Waals surface area contributed by atoms with Crippen LogP contribution in [0.4, 0.5) is 0 Å². The molecule has 13 heavy (non-hydrogen) atoms. The number of aliphatic hydroxyl groups excluding tert-OH is 1. The minimum Gasteiger partial charge on any atom is -0.387 e. The molecule has 3 N–H and O–H groups in total. The van der Waals surface area contributed by atoms with Crippen molar-refractivity contribution in [3.63, 3.8) is 0 Å². The summed E-state index contributed by atoms with van der Waals surface area (Å²) in [6.07, 6.45) is 1.81. The van der Waals surface area contributed by atoms with E-state index in [-0.39, 0.29) is 0 Å². The van der Waals surface area contributed by atoms with E-state index in [1.807, 2.05) is 0 Å². The summed E-state index contributed by atoms with van der Waals surface area (Å²) >= 11 is 0. The van der Waals surface area contributed by atoms with Gasteiger partial charge >= 0.3 is 0 Å². The van der Waals surface area contributed by atoms with E-state index < -0.39 is 17.3 Å². The molecule has 0 spiro atoms. The van der Waals surface area contributed by atoms with Crippen molar-refractivity contribution in [1.29, 1.82) is 0 Å². The highest BCUT2D eigenvalue weighted by atomic mass is 16.3. The lowest BCUT2D eigenvalue weighted by atomic mass is 9.80. The topological polar surface area (TPSA) is 60.7 Å². The van der Waals surface area contributed by atoms with Crippen molar-refractivity contribution in [3.05, 3.63) is 11.6 Å². The molecule has 1 rings (SSSR count). The van der Waals surface area contributed by atoms with Crippen LogP contribution in [0.1, 0.15) is 33.6 Å². The maximum Gasteiger partial charge on any atom is 0.101 e. The van der Waals surface area contributed by atoms with Crippen molar-refractivity contribution in [3.8, 4) is 0 Å². The van der Waals surface area contributed by atoms with Crippen molar-refractivity contribution >= 4 is 0 Å². The molecule has 0 saturated heterocycles. The van der Waals surface area contributed by atoms with E-state index in [9.17, 15) is 15.3 Å². The Morgan fingerprint density at radius 1 is 1.54 bits per heavy atom. The van der Waals surface area contributed by atoms with Crippen molar-refractivity contribution in [2.24, 2.45) is 0 Å². The van der Waals surface area contributed by atoms with E-state index in [0.717, 1.165) is 5.57 Å². The van der Waals surface area contributed by atoms with Crippen LogP contribution in [0.2, 0.25) is 0 Å². The Morgan fingerprint density at radius 3 is 2.46 bits per heavy atom. The van der Waals surface area contributed by atoms with Crippen LogP contribution in [0.5, 0.6) is 0 Å². The SMILES string of the molecule is CC(C)(O)C1=C[C@@H](O)[C@@](C)(O)CC1. The Kier molecular flexibility index (Phi) is 2.54. The average molecular weight is 186 g/mol. The fraction of sp³-hybridized carbons (Fsp3) is 0.800. The molecule has 1 aliphatic rings. The monoisotopic (exact) mass is 186 g/mol. The molecular weight excluding hydrogens is 168 g/mol. The predicted octanol–water partition coefficient (Wildman–Crippen LogP) is 0.589. The molecule has 3 nitrogen and oxygen atoms in total. The average Bonchev–Trinajstić information content (AvgIpc) is 1.92. The highest BCUT2D eigenvalue weighted by Crippen LogP contribution is 2.32. The Morgan fingerprint density at radius 2 is 2.08 bits per heavy atom. The van der Waals surface area contributed by atoms with Gasteiger partial charge in [0.05, 0.1) is 11.2 Å². The number of rotatable bonds is 1. The summed E-state index contributed by atoms with van der Waals surface area (Å²) < 4.78 is 0. The maximum atomic E-state index is 9.67. The van der Waals surface area contributed by atoms with Gasteiger partial charge < -0.3 is 15.3 Å². The largest absolute Gasteiger partial charge is 0.387 e. The first-order chi connectivity index (χ1) is 5.73. The molecule has 0 fully saturated rings. The van der Waals surface area contributed by atoms with E-state index in [4.69, 9.17) is 0 Å². The third-order valence-electron chi connectivity index (χ3n) is 2.68. The summed E-state index contributed by atoms with van der Waals surface area (Å²) in [5.74, 6) is 0. The van der Waals surface area contributed by atoms with Gasteiger partial charge in [-0.25, -0.2) is 0 Å². The molecule has 0 aromatic rings. The van der Waals surface area contributed by atoms with E-state index in [1.165, 1.54) is 0 Å². The highest BCUT2D eigenvalue weighted by Gasteiger charge is 2.35. The second kappa shape index (κ2) is 3.08. The fourth-order valence-corrected chi connectivity index (χ4v) is 1.50. The minimum absolute atomic E-state index is 0.490. The van der Waals surface area contributed by atoms with Gasteiger partial charge in [0.15, 0.2) is 0 Å². The summed E-state index contributed by atoms with van der Waals surface area (Å²) in [6, 6.07) is 0. The maximum absolute atomic E-state index is 9.67. The van der Waals surface area contributed by atoms with Crippen molar-refractivity contribution in [2.45, 2.75) is 50.9 Å². The zero-order valence-electron chi connectivity index (χ0n) is 8.41. The summed E-state index contributed by atoms with van der Waals surface area (Å²) in [6.45, 7) is 4.98. The van der Waals surface area contributed by atoms with Gasteiger partial charge in [-0.15, -0.1) is 0 Å². The van der Waals surface area contributed by atoms with Gasteiger partial charge in [0.1, 0.15) is 6.10 Å². The van der Waals surface area contributed by atoms with Gasteiger partial charge in [-0.2, -0.15) is 0 Å². The number of hydrogen-bond acceptors (Lipinski definition) is 3. The molecule has 76 valence electrons. The second-order valence-corrected chi connectivity index (χ2v) is 4.55. The van der Waals surface area contributed by atoms with Crippen LogP contribution in [0.25, 0.3) is 0 Å². The predicted molar refractivity (Wildman–Crippen MR) is 50.2 cm³/mol. The molecule has 2 atom stereocenters. The third-order valence-corrected chi connectivity index (χ3v) is 2.68. The molecule has 0 heterocycles. The van der Waals surface area contributed by atoms with Crippen molar-refractivity contribution in [1.82, 2.24) is 0 Å². The first-order valence-corrected chi connectivity index (χ1v) is 4.57. The molecule has 0 bridgehead atoms.